The van der Waals surface area contributed by atoms with Crippen molar-refractivity contribution >= 4 is 29.5 Å². The molecule has 79 heavy (non-hydrogen) atoms. The maximum absolute atomic E-state index is 12.6. The molecule has 1 saturated carbocycles. The van der Waals surface area contributed by atoms with E-state index in [1.807, 2.05) is 0 Å². The number of aliphatic hydroxyl groups is 8. The molecule has 0 aromatic carbocycles. The monoisotopic (exact) mass is 1130 g/mol. The number of carbonyl (C=O) groups excluding carboxylic acids is 5. The zero-order chi connectivity index (χ0) is 57.3. The second-order valence-corrected chi connectivity index (χ2v) is 20.1. The predicted molar refractivity (Wildman–Crippen MR) is 271 cm³/mol. The second-order valence-electron chi connectivity index (χ2n) is 20.1. The van der Waals surface area contributed by atoms with E-state index in [4.69, 9.17) is 53.8 Å². The van der Waals surface area contributed by atoms with Crippen molar-refractivity contribution in [3.05, 3.63) is 12.2 Å². The normalized spacial score (nSPS) is 32.9. The molecule has 15 atom stereocenters. The van der Waals surface area contributed by atoms with E-state index in [1.165, 1.54) is 24.2 Å². The molecule has 11 N–H and O–H groups in total. The van der Waals surface area contributed by atoms with Crippen LogP contribution in [-0.4, -0.2) is 260 Å². The maximum Gasteiger partial charge on any atom is 0.253 e. The van der Waals surface area contributed by atoms with E-state index < -0.39 is 112 Å². The van der Waals surface area contributed by atoms with Crippen molar-refractivity contribution in [2.75, 3.05) is 92.8 Å². The van der Waals surface area contributed by atoms with E-state index in [9.17, 15) is 64.8 Å². The summed E-state index contributed by atoms with van der Waals surface area (Å²) in [7, 11) is 1.26. The maximum atomic E-state index is 12.6. The number of nitrogens with one attached hydrogen (secondary N) is 3. The Balaban J connectivity index is 0.987. The van der Waals surface area contributed by atoms with Crippen LogP contribution >= 0.6 is 0 Å². The number of aliphatic hydroxyl groups excluding tert-OH is 8. The summed E-state index contributed by atoms with van der Waals surface area (Å²) in [4.78, 5) is 62.0. The summed E-state index contributed by atoms with van der Waals surface area (Å²) in [5.41, 5.74) is 0. The lowest BCUT2D eigenvalue weighted by Crippen LogP contribution is -2.63. The van der Waals surface area contributed by atoms with Gasteiger partial charge in [-0.05, 0) is 57.3 Å². The minimum absolute atomic E-state index is 0.0320. The van der Waals surface area contributed by atoms with Crippen LogP contribution in [0, 0.1) is 24.2 Å². The molecule has 27 heteroatoms. The number of hydrogen-bond acceptors (Lipinski definition) is 23. The van der Waals surface area contributed by atoms with Crippen molar-refractivity contribution in [1.82, 2.24) is 20.9 Å². The number of carbonyl (C=O) groups is 5. The Labute approximate surface area is 459 Å². The first kappa shape index (κ1) is 65.9. The SMILES string of the molecule is C#CCNC(=O)CCCCCO[C@H]1[C@H](O)[C@@H](O)[C@@H](OC)O[C@@H]1CO[C@H]1O[C@H](CO[C@H]2O[C@H](CO)[C@@H](O)[C@H](O)[C@H]2O)[C@@H](OCCCCCC(=O)NCCOCCOCCNC(=O)C2CCC(CN3C(=O)C=CC3=O)CC2)[C@H](O)[C@H]1O. The van der Waals surface area contributed by atoms with Crippen LogP contribution in [-0.2, 0) is 71.3 Å². The number of imide groups is 1. The number of rotatable bonds is 35. The van der Waals surface area contributed by atoms with Gasteiger partial charge < -0.3 is 104 Å². The number of unbranched alkanes of at least 4 members (excludes halogenated alkanes) is 4. The second kappa shape index (κ2) is 35.2. The molecular formula is C52H84N4O23. The molecule has 3 saturated heterocycles. The zero-order valence-electron chi connectivity index (χ0n) is 44.9. The van der Waals surface area contributed by atoms with Gasteiger partial charge in [-0.15, -0.1) is 6.42 Å². The van der Waals surface area contributed by atoms with Crippen LogP contribution in [0.5, 0.6) is 0 Å². The Kier molecular flexibility index (Phi) is 29.4. The van der Waals surface area contributed by atoms with Crippen molar-refractivity contribution in [3.8, 4) is 12.3 Å². The van der Waals surface area contributed by atoms with Crippen molar-refractivity contribution in [2.24, 2.45) is 11.8 Å². The molecule has 5 amide bonds. The molecule has 5 rings (SSSR count). The Hall–Kier alpha value is -3.87. The summed E-state index contributed by atoms with van der Waals surface area (Å²) in [6.45, 7) is 0.777. The van der Waals surface area contributed by atoms with Gasteiger partial charge in [0.05, 0.1) is 52.8 Å². The highest BCUT2D eigenvalue weighted by atomic mass is 16.7. The zero-order valence-corrected chi connectivity index (χ0v) is 44.9. The molecule has 0 bridgehead atoms. The van der Waals surface area contributed by atoms with Crippen molar-refractivity contribution < 1.29 is 112 Å². The predicted octanol–water partition coefficient (Wildman–Crippen LogP) is -4.00. The summed E-state index contributed by atoms with van der Waals surface area (Å²) in [6, 6.07) is 0. The third kappa shape index (κ3) is 20.8. The summed E-state index contributed by atoms with van der Waals surface area (Å²) in [5.74, 6) is 1.41. The van der Waals surface area contributed by atoms with Gasteiger partial charge in [-0.3, -0.25) is 28.9 Å². The standard InChI is InChI=1S/C52H84N4O23/c1-3-18-53-36(58)10-6-4-8-21-73-47-34(78-50(70-2)45(67)42(47)64)29-76-52-46(68)43(65)48(35(79-52)30-75-51-44(66)41(63)40(62)33(28-57)77-51)74-22-9-5-7-11-37(59)54-19-23-71-25-26-72-24-20-55-49(69)32-14-12-31(13-15-32)27-56-38(60)16-17-39(56)61/h1,16-17,31-35,40-48,50-52,57,62-68H,4-15,18-30H2,2H3,(H,53,58)(H,54,59)(H,55,69)/t31?,32?,33-,34-,35-,40-,41+,42-,43-,44-,45-,46-,47-,48-,50+,51+,52+/m1/s1. The van der Waals surface area contributed by atoms with Crippen LogP contribution < -0.4 is 16.0 Å². The van der Waals surface area contributed by atoms with Gasteiger partial charge in [0.15, 0.2) is 18.9 Å². The van der Waals surface area contributed by atoms with Crippen molar-refractivity contribution in [2.45, 2.75) is 169 Å². The third-order valence-electron chi connectivity index (χ3n) is 14.4. The lowest BCUT2D eigenvalue weighted by Gasteiger charge is -2.45. The molecular weight excluding hydrogens is 1050 g/mol. The third-order valence-corrected chi connectivity index (χ3v) is 14.4. The van der Waals surface area contributed by atoms with Gasteiger partial charge >= 0.3 is 0 Å². The van der Waals surface area contributed by atoms with Crippen LogP contribution in [0.15, 0.2) is 12.2 Å². The lowest BCUT2D eigenvalue weighted by atomic mass is 9.81. The summed E-state index contributed by atoms with van der Waals surface area (Å²) in [5, 5.41) is 93.6. The van der Waals surface area contributed by atoms with Gasteiger partial charge in [-0.25, -0.2) is 0 Å². The first-order chi connectivity index (χ1) is 38.1. The number of amides is 5. The van der Waals surface area contributed by atoms with Gasteiger partial charge in [0.2, 0.25) is 17.7 Å². The highest BCUT2D eigenvalue weighted by Crippen LogP contribution is 2.32. The van der Waals surface area contributed by atoms with E-state index >= 15 is 0 Å². The highest BCUT2D eigenvalue weighted by molar-refractivity contribution is 6.12. The van der Waals surface area contributed by atoms with Gasteiger partial charge in [-0.2, -0.15) is 0 Å². The minimum Gasteiger partial charge on any atom is -0.394 e. The number of methoxy groups -OCH3 is 1. The number of nitrogens with zero attached hydrogens (tertiary/aromatic N) is 1. The van der Waals surface area contributed by atoms with Gasteiger partial charge in [-0.1, -0.05) is 18.8 Å². The molecule has 0 aromatic heterocycles. The van der Waals surface area contributed by atoms with Gasteiger partial charge in [0, 0.05) is 70.9 Å². The van der Waals surface area contributed by atoms with Gasteiger partial charge in [0.25, 0.3) is 11.8 Å². The fourth-order valence-corrected chi connectivity index (χ4v) is 9.75. The molecule has 450 valence electrons. The quantitative estimate of drug-likeness (QED) is 0.0164. The summed E-state index contributed by atoms with van der Waals surface area (Å²) < 4.78 is 57.4. The molecule has 0 spiro atoms. The van der Waals surface area contributed by atoms with Crippen LogP contribution in [0.1, 0.15) is 77.0 Å². The van der Waals surface area contributed by atoms with Crippen LogP contribution in [0.25, 0.3) is 0 Å². The smallest absolute Gasteiger partial charge is 0.253 e. The van der Waals surface area contributed by atoms with Crippen molar-refractivity contribution in [1.29, 1.82) is 0 Å². The lowest BCUT2D eigenvalue weighted by molar-refractivity contribution is -0.345. The summed E-state index contributed by atoms with van der Waals surface area (Å²) in [6.07, 6.45) is -7.94. The molecule has 0 aromatic rings. The molecule has 0 radical (unpaired) electrons. The van der Waals surface area contributed by atoms with E-state index in [0.29, 0.717) is 77.7 Å². The highest BCUT2D eigenvalue weighted by Gasteiger charge is 2.50. The molecule has 4 heterocycles. The van der Waals surface area contributed by atoms with E-state index in [-0.39, 0.29) is 93.7 Å². The average molecular weight is 1130 g/mol. The summed E-state index contributed by atoms with van der Waals surface area (Å²) >= 11 is 0. The number of hydrogen-bond donors (Lipinski definition) is 11. The Bertz CT molecular complexity index is 1900. The Morgan fingerprint density at radius 3 is 1.62 bits per heavy atom. The first-order valence-electron chi connectivity index (χ1n) is 27.3. The largest absolute Gasteiger partial charge is 0.394 e. The molecule has 4 fully saturated rings. The van der Waals surface area contributed by atoms with Crippen LogP contribution in [0.3, 0.4) is 0 Å². The number of terminal acetylenes is 1. The first-order valence-corrected chi connectivity index (χ1v) is 27.3. The fourth-order valence-electron chi connectivity index (χ4n) is 9.75. The van der Waals surface area contributed by atoms with E-state index in [1.54, 1.807) is 0 Å². The van der Waals surface area contributed by atoms with Crippen molar-refractivity contribution in [3.63, 3.8) is 0 Å². The average Bonchev–Trinajstić information content (AvgIpc) is 3.82. The van der Waals surface area contributed by atoms with E-state index in [0.717, 1.165) is 12.8 Å². The van der Waals surface area contributed by atoms with Crippen LogP contribution in [0.4, 0.5) is 0 Å². The Morgan fingerprint density at radius 2 is 1.09 bits per heavy atom. The molecule has 27 nitrogen and oxygen atoms in total. The molecule has 4 aliphatic heterocycles. The molecule has 0 unspecified atom stereocenters. The van der Waals surface area contributed by atoms with E-state index in [2.05, 4.69) is 21.9 Å². The minimum atomic E-state index is -1.76. The number of ether oxygens (including phenoxy) is 10. The molecule has 1 aliphatic carbocycles. The van der Waals surface area contributed by atoms with Gasteiger partial charge in [0.1, 0.15) is 73.2 Å². The molecule has 5 aliphatic rings. The fraction of sp³-hybridized carbons (Fsp3) is 0.827. The Morgan fingerprint density at radius 1 is 0.595 bits per heavy atom. The topological polar surface area (TPSA) is 379 Å². The van der Waals surface area contributed by atoms with Crippen LogP contribution in [0.2, 0.25) is 0 Å².